The van der Waals surface area contributed by atoms with E-state index in [1.54, 1.807) is 13.0 Å². The molecule has 0 heterocycles. The number of hydrogen-bond donors (Lipinski definition) is 1. The minimum absolute atomic E-state index is 0.0133. The molecule has 0 saturated heterocycles. The Morgan fingerprint density at radius 3 is 2.61 bits per heavy atom. The molecule has 0 spiro atoms. The van der Waals surface area contributed by atoms with Crippen LogP contribution in [-0.2, 0) is 21.2 Å². The van der Waals surface area contributed by atoms with Crippen molar-refractivity contribution in [3.8, 4) is 0 Å². The van der Waals surface area contributed by atoms with Crippen molar-refractivity contribution in [3.63, 3.8) is 0 Å². The molecule has 0 aliphatic heterocycles. The summed E-state index contributed by atoms with van der Waals surface area (Å²) in [5.74, 6) is -0.338. The highest BCUT2D eigenvalue weighted by Crippen LogP contribution is 2.14. The molecular formula is C12H16ClNO3S. The largest absolute Gasteiger partial charge is 0.352 e. The predicted octanol–water partition coefficient (Wildman–Crippen LogP) is 1.78. The summed E-state index contributed by atoms with van der Waals surface area (Å²) < 4.78 is 22.5. The Kier molecular flexibility index (Phi) is 5.62. The highest BCUT2D eigenvalue weighted by molar-refractivity contribution is 7.91. The Labute approximate surface area is 112 Å². The second kappa shape index (κ2) is 6.75. The fourth-order valence-corrected chi connectivity index (χ4v) is 2.30. The van der Waals surface area contributed by atoms with Crippen LogP contribution in [0.3, 0.4) is 0 Å². The quantitative estimate of drug-likeness (QED) is 0.868. The predicted molar refractivity (Wildman–Crippen MR) is 72.2 cm³/mol. The molecule has 100 valence electrons. The molecule has 0 aliphatic carbocycles. The molecule has 1 rings (SSSR count). The number of hydrogen-bond acceptors (Lipinski definition) is 3. The van der Waals surface area contributed by atoms with Gasteiger partial charge in [-0.2, -0.15) is 0 Å². The van der Waals surface area contributed by atoms with Gasteiger partial charge in [0, 0.05) is 23.7 Å². The fourth-order valence-electron chi connectivity index (χ4n) is 1.32. The van der Waals surface area contributed by atoms with Gasteiger partial charge in [0.05, 0.1) is 5.75 Å². The maximum Gasteiger partial charge on any atom is 0.221 e. The van der Waals surface area contributed by atoms with Gasteiger partial charge in [-0.3, -0.25) is 4.79 Å². The first-order chi connectivity index (χ1) is 8.44. The van der Waals surface area contributed by atoms with Gasteiger partial charge in [-0.1, -0.05) is 36.7 Å². The van der Waals surface area contributed by atoms with Crippen molar-refractivity contribution in [2.45, 2.75) is 19.9 Å². The van der Waals surface area contributed by atoms with Gasteiger partial charge in [0.15, 0.2) is 9.84 Å². The maximum absolute atomic E-state index is 11.5. The Morgan fingerprint density at radius 2 is 2.00 bits per heavy atom. The number of carbonyl (C=O) groups is 1. The molecule has 6 heteroatoms. The number of sulfone groups is 1. The van der Waals surface area contributed by atoms with Crippen molar-refractivity contribution in [2.24, 2.45) is 0 Å². The highest BCUT2D eigenvalue weighted by atomic mass is 35.5. The van der Waals surface area contributed by atoms with Gasteiger partial charge in [0.25, 0.3) is 0 Å². The fraction of sp³-hybridized carbons (Fsp3) is 0.417. The van der Waals surface area contributed by atoms with Crippen LogP contribution in [0.5, 0.6) is 0 Å². The van der Waals surface area contributed by atoms with Crippen LogP contribution in [-0.4, -0.2) is 25.8 Å². The third-order valence-electron chi connectivity index (χ3n) is 2.51. The van der Waals surface area contributed by atoms with Crippen molar-refractivity contribution >= 4 is 27.3 Å². The van der Waals surface area contributed by atoms with E-state index in [4.69, 9.17) is 11.6 Å². The van der Waals surface area contributed by atoms with E-state index in [9.17, 15) is 13.2 Å². The summed E-state index contributed by atoms with van der Waals surface area (Å²) in [6.45, 7) is 1.88. The summed E-state index contributed by atoms with van der Waals surface area (Å²) in [4.78, 5) is 11.5. The smallest absolute Gasteiger partial charge is 0.221 e. The summed E-state index contributed by atoms with van der Waals surface area (Å²) >= 11 is 5.93. The van der Waals surface area contributed by atoms with Crippen LogP contribution in [0, 0.1) is 0 Å². The molecule has 1 aromatic rings. The standard InChI is InChI=1S/C12H16ClNO3S/c1-2-18(16,17)8-7-12(15)14-9-10-5-3-4-6-11(10)13/h3-6H,2,7-9H2,1H3,(H,14,15). The molecule has 0 bridgehead atoms. The van der Waals surface area contributed by atoms with Crippen molar-refractivity contribution < 1.29 is 13.2 Å². The van der Waals surface area contributed by atoms with E-state index in [-0.39, 0.29) is 23.8 Å². The molecule has 1 N–H and O–H groups in total. The molecule has 0 fully saturated rings. The number of nitrogens with one attached hydrogen (secondary N) is 1. The number of benzene rings is 1. The molecule has 0 saturated carbocycles. The molecule has 4 nitrogen and oxygen atoms in total. The summed E-state index contributed by atoms with van der Waals surface area (Å²) in [5.41, 5.74) is 0.811. The van der Waals surface area contributed by atoms with Crippen LogP contribution in [0.1, 0.15) is 18.9 Å². The average molecular weight is 290 g/mol. The van der Waals surface area contributed by atoms with Crippen LogP contribution in [0.15, 0.2) is 24.3 Å². The first-order valence-corrected chi connectivity index (χ1v) is 7.85. The van der Waals surface area contributed by atoms with Gasteiger partial charge in [-0.25, -0.2) is 8.42 Å². The van der Waals surface area contributed by atoms with Gasteiger partial charge in [0.2, 0.25) is 5.91 Å². The molecule has 1 amide bonds. The molecule has 18 heavy (non-hydrogen) atoms. The van der Waals surface area contributed by atoms with Gasteiger partial charge in [-0.15, -0.1) is 0 Å². The summed E-state index contributed by atoms with van der Waals surface area (Å²) in [6, 6.07) is 7.19. The summed E-state index contributed by atoms with van der Waals surface area (Å²) in [7, 11) is -3.09. The van der Waals surface area contributed by atoms with Crippen LogP contribution in [0.2, 0.25) is 5.02 Å². The van der Waals surface area contributed by atoms with E-state index in [1.807, 2.05) is 18.2 Å². The zero-order valence-electron chi connectivity index (χ0n) is 10.1. The van der Waals surface area contributed by atoms with Crippen LogP contribution in [0.4, 0.5) is 0 Å². The second-order valence-corrected chi connectivity index (χ2v) is 6.73. The summed E-state index contributed by atoms with van der Waals surface area (Å²) in [6.07, 6.45) is -0.0133. The maximum atomic E-state index is 11.5. The van der Waals surface area contributed by atoms with Crippen molar-refractivity contribution in [1.82, 2.24) is 5.32 Å². The Bertz CT molecular complexity index is 514. The number of rotatable bonds is 6. The van der Waals surface area contributed by atoms with Gasteiger partial charge in [-0.05, 0) is 11.6 Å². The van der Waals surface area contributed by atoms with E-state index in [1.165, 1.54) is 0 Å². The Morgan fingerprint density at radius 1 is 1.33 bits per heavy atom. The van der Waals surface area contributed by atoms with Gasteiger partial charge < -0.3 is 5.32 Å². The third-order valence-corrected chi connectivity index (χ3v) is 4.59. The first kappa shape index (κ1) is 15.0. The van der Waals surface area contributed by atoms with Crippen molar-refractivity contribution in [2.75, 3.05) is 11.5 Å². The van der Waals surface area contributed by atoms with Crippen molar-refractivity contribution in [3.05, 3.63) is 34.9 Å². The summed E-state index contributed by atoms with van der Waals surface area (Å²) in [5, 5.41) is 3.23. The number of carbonyl (C=O) groups excluding carboxylic acids is 1. The van der Waals surface area contributed by atoms with Crippen molar-refractivity contribution in [1.29, 1.82) is 0 Å². The number of halogens is 1. The lowest BCUT2D eigenvalue weighted by molar-refractivity contribution is -0.120. The molecule has 0 unspecified atom stereocenters. The molecule has 1 aromatic carbocycles. The first-order valence-electron chi connectivity index (χ1n) is 5.65. The Hall–Kier alpha value is -1.07. The van der Waals surface area contributed by atoms with Crippen LogP contribution in [0.25, 0.3) is 0 Å². The molecular weight excluding hydrogens is 274 g/mol. The zero-order valence-corrected chi connectivity index (χ0v) is 11.7. The van der Waals surface area contributed by atoms with Crippen LogP contribution >= 0.6 is 11.6 Å². The lowest BCUT2D eigenvalue weighted by Crippen LogP contribution is -2.25. The third kappa shape index (κ3) is 5.06. The normalized spacial score (nSPS) is 11.2. The Balaban J connectivity index is 2.41. The SMILES string of the molecule is CCS(=O)(=O)CCC(=O)NCc1ccccc1Cl. The van der Waals surface area contributed by atoms with E-state index < -0.39 is 9.84 Å². The molecule has 0 radical (unpaired) electrons. The lowest BCUT2D eigenvalue weighted by Gasteiger charge is -2.06. The minimum Gasteiger partial charge on any atom is -0.352 e. The highest BCUT2D eigenvalue weighted by Gasteiger charge is 2.11. The lowest BCUT2D eigenvalue weighted by atomic mass is 10.2. The monoisotopic (exact) mass is 289 g/mol. The average Bonchev–Trinajstić information content (AvgIpc) is 2.35. The van der Waals surface area contributed by atoms with Crippen LogP contribution < -0.4 is 5.32 Å². The van der Waals surface area contributed by atoms with E-state index in [0.717, 1.165) is 5.56 Å². The molecule has 0 aliphatic rings. The molecule has 0 atom stereocenters. The zero-order chi connectivity index (χ0) is 13.6. The van der Waals surface area contributed by atoms with E-state index in [2.05, 4.69) is 5.32 Å². The van der Waals surface area contributed by atoms with E-state index >= 15 is 0 Å². The molecule has 0 aromatic heterocycles. The topological polar surface area (TPSA) is 63.2 Å². The van der Waals surface area contributed by atoms with E-state index in [0.29, 0.717) is 11.6 Å². The second-order valence-electron chi connectivity index (χ2n) is 3.85. The van der Waals surface area contributed by atoms with Gasteiger partial charge >= 0.3 is 0 Å². The minimum atomic E-state index is -3.09. The van der Waals surface area contributed by atoms with Gasteiger partial charge in [0.1, 0.15) is 0 Å². The number of amides is 1.